The summed E-state index contributed by atoms with van der Waals surface area (Å²) in [5.74, 6) is -1.97. The van der Waals surface area contributed by atoms with Gasteiger partial charge in [0.05, 0.1) is 17.0 Å². The predicted octanol–water partition coefficient (Wildman–Crippen LogP) is 7.16. The number of Topliss-reactive ketones (excluding diaryl/α,β-unsaturated/α-hetero) is 2. The van der Waals surface area contributed by atoms with Crippen molar-refractivity contribution in [3.05, 3.63) is 57.9 Å². The SMILES string of the molecule is CC.CCCC(=O)Cc1c(-c2c(F)cc(C(=O)CCC)c(F)c2C)nc2cc(Cl)ccn12. The summed E-state index contributed by atoms with van der Waals surface area (Å²) in [5.41, 5.74) is 0.778. The van der Waals surface area contributed by atoms with Gasteiger partial charge in [-0.25, -0.2) is 13.8 Å². The van der Waals surface area contributed by atoms with E-state index in [9.17, 15) is 9.59 Å². The highest BCUT2D eigenvalue weighted by atomic mass is 35.5. The Hall–Kier alpha value is -2.60. The maximum Gasteiger partial charge on any atom is 0.165 e. The average Bonchev–Trinajstić information content (AvgIpc) is 3.09. The van der Waals surface area contributed by atoms with Crippen molar-refractivity contribution in [2.45, 2.75) is 66.7 Å². The van der Waals surface area contributed by atoms with Crippen molar-refractivity contribution in [3.63, 3.8) is 0 Å². The molecule has 0 aliphatic heterocycles. The number of rotatable bonds is 8. The highest BCUT2D eigenvalue weighted by molar-refractivity contribution is 6.30. The van der Waals surface area contributed by atoms with E-state index in [4.69, 9.17) is 11.6 Å². The van der Waals surface area contributed by atoms with E-state index in [0.717, 1.165) is 6.07 Å². The summed E-state index contributed by atoms with van der Waals surface area (Å²) in [6, 6.07) is 4.18. The van der Waals surface area contributed by atoms with Crippen LogP contribution < -0.4 is 0 Å². The first-order chi connectivity index (χ1) is 15.3. The van der Waals surface area contributed by atoms with Gasteiger partial charge in [-0.05, 0) is 37.5 Å². The third kappa shape index (κ3) is 5.23. The van der Waals surface area contributed by atoms with Gasteiger partial charge in [-0.3, -0.25) is 9.59 Å². The summed E-state index contributed by atoms with van der Waals surface area (Å²) in [6.45, 7) is 9.12. The molecule has 4 nitrogen and oxygen atoms in total. The van der Waals surface area contributed by atoms with E-state index in [1.807, 2.05) is 20.8 Å². The zero-order valence-corrected chi connectivity index (χ0v) is 19.9. The molecule has 0 amide bonds. The minimum Gasteiger partial charge on any atom is -0.303 e. The Morgan fingerprint density at radius 1 is 1.09 bits per heavy atom. The Balaban J connectivity index is 0.00000176. The van der Waals surface area contributed by atoms with Crippen LogP contribution in [0.4, 0.5) is 8.78 Å². The summed E-state index contributed by atoms with van der Waals surface area (Å²) in [5, 5.41) is 0.439. The Bertz CT molecular complexity index is 1140. The molecule has 0 saturated carbocycles. The number of benzene rings is 1. The smallest absolute Gasteiger partial charge is 0.165 e. The number of pyridine rings is 1. The quantitative estimate of drug-likeness (QED) is 0.333. The summed E-state index contributed by atoms with van der Waals surface area (Å²) in [7, 11) is 0. The molecule has 172 valence electrons. The fourth-order valence-electron chi connectivity index (χ4n) is 3.60. The third-order valence-electron chi connectivity index (χ3n) is 5.05. The van der Waals surface area contributed by atoms with Gasteiger partial charge < -0.3 is 4.40 Å². The molecule has 0 spiro atoms. The lowest BCUT2D eigenvalue weighted by molar-refractivity contribution is -0.118. The molecule has 0 bridgehead atoms. The van der Waals surface area contributed by atoms with E-state index < -0.39 is 17.4 Å². The number of carbonyl (C=O) groups excluding carboxylic acids is 2. The number of halogens is 3. The Morgan fingerprint density at radius 3 is 2.38 bits per heavy atom. The lowest BCUT2D eigenvalue weighted by atomic mass is 9.95. The van der Waals surface area contributed by atoms with Gasteiger partial charge in [0.25, 0.3) is 0 Å². The number of hydrogen-bond donors (Lipinski definition) is 0. The summed E-state index contributed by atoms with van der Waals surface area (Å²) < 4.78 is 31.9. The van der Waals surface area contributed by atoms with Gasteiger partial charge in [0, 0.05) is 42.1 Å². The van der Waals surface area contributed by atoms with Gasteiger partial charge in [-0.1, -0.05) is 39.3 Å². The van der Waals surface area contributed by atoms with Crippen LogP contribution in [0.5, 0.6) is 0 Å². The molecule has 2 aromatic heterocycles. The van der Waals surface area contributed by atoms with E-state index >= 15 is 8.78 Å². The maximum absolute atomic E-state index is 15.2. The molecule has 3 aromatic rings. The van der Waals surface area contributed by atoms with Gasteiger partial charge in [-0.2, -0.15) is 0 Å². The lowest BCUT2D eigenvalue weighted by Crippen LogP contribution is -2.09. The second-order valence-electron chi connectivity index (χ2n) is 7.34. The Kier molecular flexibility index (Phi) is 9.08. The van der Waals surface area contributed by atoms with Crippen molar-refractivity contribution in [1.82, 2.24) is 9.38 Å². The Morgan fingerprint density at radius 2 is 1.75 bits per heavy atom. The van der Waals surface area contributed by atoms with Crippen LogP contribution in [0.2, 0.25) is 5.02 Å². The fraction of sp³-hybridized carbons (Fsp3) is 0.400. The van der Waals surface area contributed by atoms with Crippen molar-refractivity contribution < 1.29 is 18.4 Å². The number of imidazole rings is 1. The highest BCUT2D eigenvalue weighted by Crippen LogP contribution is 2.34. The normalized spacial score (nSPS) is 10.8. The Labute approximate surface area is 192 Å². The number of nitrogens with zero attached hydrogens (tertiary/aromatic N) is 2. The van der Waals surface area contributed by atoms with Crippen LogP contribution in [-0.4, -0.2) is 21.0 Å². The van der Waals surface area contributed by atoms with E-state index in [1.165, 1.54) is 6.92 Å². The van der Waals surface area contributed by atoms with Crippen LogP contribution in [0, 0.1) is 18.6 Å². The molecule has 0 saturated heterocycles. The van der Waals surface area contributed by atoms with Crippen molar-refractivity contribution >= 4 is 28.8 Å². The molecule has 0 radical (unpaired) electrons. The van der Waals surface area contributed by atoms with Gasteiger partial charge in [0.2, 0.25) is 0 Å². The van der Waals surface area contributed by atoms with Gasteiger partial charge in [0.15, 0.2) is 5.78 Å². The number of ketones is 2. The maximum atomic E-state index is 15.2. The fourth-order valence-corrected chi connectivity index (χ4v) is 3.76. The average molecular weight is 463 g/mol. The monoisotopic (exact) mass is 462 g/mol. The van der Waals surface area contributed by atoms with Crippen molar-refractivity contribution in [2.75, 3.05) is 0 Å². The molecule has 0 unspecified atom stereocenters. The molecule has 0 fully saturated rings. The van der Waals surface area contributed by atoms with Gasteiger partial charge >= 0.3 is 0 Å². The van der Waals surface area contributed by atoms with E-state index in [1.54, 1.807) is 29.7 Å². The predicted molar refractivity (Wildman–Crippen MR) is 124 cm³/mol. The van der Waals surface area contributed by atoms with Gasteiger partial charge in [-0.15, -0.1) is 0 Å². The number of hydrogen-bond acceptors (Lipinski definition) is 3. The lowest BCUT2D eigenvalue weighted by Gasteiger charge is -2.12. The first-order valence-corrected chi connectivity index (χ1v) is 11.4. The standard InChI is InChI=1S/C23H23ClF2N2O2.C2H6/c1-4-6-15(29)11-18-23(27-20-10-14(24)8-9-28(18)20)21-13(3)22(26)16(12-17(21)25)19(30)7-5-2;1-2/h8-10,12H,4-7,11H2,1-3H3;1-2H3. The molecule has 0 atom stereocenters. The number of carbonyl (C=O) groups is 2. The molecule has 0 aliphatic rings. The van der Waals surface area contributed by atoms with Crippen LogP contribution in [-0.2, 0) is 11.2 Å². The van der Waals surface area contributed by atoms with Crippen LogP contribution in [0.1, 0.15) is 75.0 Å². The summed E-state index contributed by atoms with van der Waals surface area (Å²) >= 11 is 6.06. The molecule has 2 heterocycles. The first kappa shape index (κ1) is 25.7. The molecule has 1 aromatic carbocycles. The molecular formula is C25H29ClF2N2O2. The number of aromatic nitrogens is 2. The summed E-state index contributed by atoms with van der Waals surface area (Å²) in [4.78, 5) is 29.0. The van der Waals surface area contributed by atoms with E-state index in [0.29, 0.717) is 35.6 Å². The number of fused-ring (bicyclic) bond motifs is 1. The molecule has 32 heavy (non-hydrogen) atoms. The molecule has 3 rings (SSSR count). The zero-order valence-electron chi connectivity index (χ0n) is 19.2. The van der Waals surface area contributed by atoms with Crippen molar-refractivity contribution in [2.24, 2.45) is 0 Å². The minimum atomic E-state index is -0.759. The second-order valence-corrected chi connectivity index (χ2v) is 7.78. The third-order valence-corrected chi connectivity index (χ3v) is 5.28. The zero-order chi connectivity index (χ0) is 24.0. The van der Waals surface area contributed by atoms with Crippen LogP contribution in [0.15, 0.2) is 24.4 Å². The topological polar surface area (TPSA) is 51.4 Å². The molecule has 0 N–H and O–H groups in total. The van der Waals surface area contributed by atoms with E-state index in [2.05, 4.69) is 4.98 Å². The van der Waals surface area contributed by atoms with Crippen LogP contribution in [0.3, 0.4) is 0 Å². The molecule has 0 aliphatic carbocycles. The van der Waals surface area contributed by atoms with E-state index in [-0.39, 0.29) is 41.0 Å². The van der Waals surface area contributed by atoms with Crippen LogP contribution in [0.25, 0.3) is 16.9 Å². The van der Waals surface area contributed by atoms with Crippen molar-refractivity contribution in [1.29, 1.82) is 0 Å². The van der Waals surface area contributed by atoms with Gasteiger partial charge in [0.1, 0.15) is 23.1 Å². The largest absolute Gasteiger partial charge is 0.303 e. The minimum absolute atomic E-state index is 0.00635. The molecule has 7 heteroatoms. The first-order valence-electron chi connectivity index (χ1n) is 11.0. The summed E-state index contributed by atoms with van der Waals surface area (Å²) in [6.07, 6.45) is 3.43. The van der Waals surface area contributed by atoms with Crippen molar-refractivity contribution in [3.8, 4) is 11.3 Å². The highest BCUT2D eigenvalue weighted by Gasteiger charge is 2.25. The second kappa shape index (κ2) is 11.3. The molecular weight excluding hydrogens is 434 g/mol. The van der Waals surface area contributed by atoms with Crippen LogP contribution >= 0.6 is 11.6 Å².